The average molecular weight is 350 g/mol. The Morgan fingerprint density at radius 3 is 2.42 bits per heavy atom. The molecule has 134 valence electrons. The largest absolute Gasteiger partial charge is 0.467 e. The molecule has 0 amide bonds. The number of aromatic nitrogens is 3. The molecule has 2 aromatic heterocycles. The van der Waals surface area contributed by atoms with E-state index < -0.39 is 6.04 Å². The number of benzene rings is 1. The fourth-order valence-corrected chi connectivity index (χ4v) is 2.70. The summed E-state index contributed by atoms with van der Waals surface area (Å²) in [5.41, 5.74) is 1.31. The Kier molecular flexibility index (Phi) is 4.84. The van der Waals surface area contributed by atoms with Gasteiger partial charge in [0.25, 0.3) is 0 Å². The summed E-state index contributed by atoms with van der Waals surface area (Å²) in [5, 5.41) is 4.13. The number of nitrogens with zero attached hydrogens (tertiary/aromatic N) is 3. The maximum atomic E-state index is 12.3. The third kappa shape index (κ3) is 3.64. The molecule has 3 rings (SSSR count). The van der Waals surface area contributed by atoms with Gasteiger partial charge >= 0.3 is 5.97 Å². The first-order chi connectivity index (χ1) is 12.4. The molecule has 6 heteroatoms. The third-order valence-electron chi connectivity index (χ3n) is 4.13. The standard InChI is InChI=1S/C20H22N4O2/c1-20(2,3)16(19(25)26-4)23-18-14-7-5-6-8-15(14)22-17(24-18)13-9-11-21-12-10-13/h5-12,16H,1-4H3,(H,22,23,24)/t16-/m0/s1. The zero-order chi connectivity index (χ0) is 18.7. The van der Waals surface area contributed by atoms with Gasteiger partial charge in [0, 0.05) is 23.3 Å². The van der Waals surface area contributed by atoms with Gasteiger partial charge in [-0.25, -0.2) is 14.8 Å². The summed E-state index contributed by atoms with van der Waals surface area (Å²) < 4.78 is 4.98. The normalized spacial score (nSPS) is 12.6. The van der Waals surface area contributed by atoms with E-state index in [1.807, 2.05) is 57.2 Å². The van der Waals surface area contributed by atoms with Crippen molar-refractivity contribution in [3.63, 3.8) is 0 Å². The van der Waals surface area contributed by atoms with Crippen LogP contribution >= 0.6 is 0 Å². The van der Waals surface area contributed by atoms with Crippen LogP contribution in [0.25, 0.3) is 22.3 Å². The molecule has 0 saturated heterocycles. The fraction of sp³-hybridized carbons (Fsp3) is 0.300. The number of pyridine rings is 1. The highest BCUT2D eigenvalue weighted by Crippen LogP contribution is 2.29. The molecular weight excluding hydrogens is 328 g/mol. The molecule has 0 radical (unpaired) electrons. The molecule has 0 unspecified atom stereocenters. The number of hydrogen-bond donors (Lipinski definition) is 1. The number of nitrogens with one attached hydrogen (secondary N) is 1. The number of esters is 1. The van der Waals surface area contributed by atoms with E-state index in [0.29, 0.717) is 11.6 Å². The minimum Gasteiger partial charge on any atom is -0.467 e. The minimum absolute atomic E-state index is 0.328. The molecule has 1 aromatic carbocycles. The molecule has 3 aromatic rings. The van der Waals surface area contributed by atoms with E-state index in [-0.39, 0.29) is 11.4 Å². The number of anilines is 1. The number of rotatable bonds is 4. The SMILES string of the molecule is COC(=O)[C@H](Nc1nc(-c2ccncc2)nc2ccccc12)C(C)(C)C. The second-order valence-corrected chi connectivity index (χ2v) is 7.12. The maximum absolute atomic E-state index is 12.3. The van der Waals surface area contributed by atoms with Crippen molar-refractivity contribution in [2.45, 2.75) is 26.8 Å². The topological polar surface area (TPSA) is 77.0 Å². The summed E-state index contributed by atoms with van der Waals surface area (Å²) in [6.45, 7) is 5.94. The van der Waals surface area contributed by atoms with Gasteiger partial charge in [-0.2, -0.15) is 0 Å². The van der Waals surface area contributed by atoms with Gasteiger partial charge in [0.2, 0.25) is 0 Å². The number of ether oxygens (including phenoxy) is 1. The molecule has 0 aliphatic heterocycles. The number of carbonyl (C=O) groups excluding carboxylic acids is 1. The van der Waals surface area contributed by atoms with E-state index >= 15 is 0 Å². The zero-order valence-electron chi connectivity index (χ0n) is 15.4. The van der Waals surface area contributed by atoms with Crippen LogP contribution in [0, 0.1) is 5.41 Å². The van der Waals surface area contributed by atoms with Crippen molar-refractivity contribution < 1.29 is 9.53 Å². The van der Waals surface area contributed by atoms with Gasteiger partial charge in [-0.05, 0) is 29.7 Å². The van der Waals surface area contributed by atoms with Crippen molar-refractivity contribution in [3.8, 4) is 11.4 Å². The number of carbonyl (C=O) groups is 1. The number of fused-ring (bicyclic) bond motifs is 1. The quantitative estimate of drug-likeness (QED) is 0.723. The van der Waals surface area contributed by atoms with Gasteiger partial charge in [-0.1, -0.05) is 32.9 Å². The van der Waals surface area contributed by atoms with E-state index in [2.05, 4.69) is 20.3 Å². The highest BCUT2D eigenvalue weighted by atomic mass is 16.5. The molecule has 0 fully saturated rings. The Hall–Kier alpha value is -3.02. The second-order valence-electron chi connectivity index (χ2n) is 7.12. The third-order valence-corrected chi connectivity index (χ3v) is 4.13. The van der Waals surface area contributed by atoms with Crippen LogP contribution in [0.5, 0.6) is 0 Å². The molecule has 0 aliphatic carbocycles. The van der Waals surface area contributed by atoms with E-state index in [1.54, 1.807) is 12.4 Å². The second kappa shape index (κ2) is 7.07. The lowest BCUT2D eigenvalue weighted by Gasteiger charge is -2.29. The van der Waals surface area contributed by atoms with Crippen molar-refractivity contribution in [2.24, 2.45) is 5.41 Å². The first-order valence-electron chi connectivity index (χ1n) is 8.41. The summed E-state index contributed by atoms with van der Waals surface area (Å²) in [4.78, 5) is 25.7. The van der Waals surface area contributed by atoms with Gasteiger partial charge in [0.05, 0.1) is 12.6 Å². The molecule has 6 nitrogen and oxygen atoms in total. The molecule has 0 saturated carbocycles. The van der Waals surface area contributed by atoms with E-state index in [0.717, 1.165) is 16.5 Å². The first-order valence-corrected chi connectivity index (χ1v) is 8.41. The van der Waals surface area contributed by atoms with Crippen LogP contribution in [-0.4, -0.2) is 34.1 Å². The average Bonchev–Trinajstić information content (AvgIpc) is 2.65. The number of methoxy groups -OCH3 is 1. The predicted octanol–water partition coefficient (Wildman–Crippen LogP) is 3.69. The lowest BCUT2D eigenvalue weighted by Crippen LogP contribution is -2.42. The van der Waals surface area contributed by atoms with Crippen LogP contribution in [0.1, 0.15) is 20.8 Å². The van der Waals surface area contributed by atoms with Crippen LogP contribution in [0.15, 0.2) is 48.8 Å². The Bertz CT molecular complexity index is 920. The Labute approximate surface area is 152 Å². The van der Waals surface area contributed by atoms with Crippen LogP contribution < -0.4 is 5.32 Å². The maximum Gasteiger partial charge on any atom is 0.328 e. The van der Waals surface area contributed by atoms with Gasteiger partial charge < -0.3 is 10.1 Å². The molecule has 0 spiro atoms. The summed E-state index contributed by atoms with van der Waals surface area (Å²) in [6.07, 6.45) is 3.40. The minimum atomic E-state index is -0.545. The molecule has 1 atom stereocenters. The Morgan fingerprint density at radius 2 is 1.77 bits per heavy atom. The molecule has 0 bridgehead atoms. The molecule has 2 heterocycles. The van der Waals surface area contributed by atoms with Crippen molar-refractivity contribution in [3.05, 3.63) is 48.8 Å². The van der Waals surface area contributed by atoms with Gasteiger partial charge in [-0.3, -0.25) is 4.98 Å². The molecular formula is C20H22N4O2. The van der Waals surface area contributed by atoms with Gasteiger partial charge in [0.15, 0.2) is 5.82 Å². The highest BCUT2D eigenvalue weighted by Gasteiger charge is 2.33. The zero-order valence-corrected chi connectivity index (χ0v) is 15.4. The monoisotopic (exact) mass is 350 g/mol. The summed E-state index contributed by atoms with van der Waals surface area (Å²) in [6, 6.07) is 10.9. The van der Waals surface area contributed by atoms with Gasteiger partial charge in [0.1, 0.15) is 11.9 Å². The Balaban J connectivity index is 2.13. The predicted molar refractivity (Wildman–Crippen MR) is 102 cm³/mol. The van der Waals surface area contributed by atoms with E-state index in [1.165, 1.54) is 7.11 Å². The van der Waals surface area contributed by atoms with E-state index in [9.17, 15) is 4.79 Å². The lowest BCUT2D eigenvalue weighted by molar-refractivity contribution is -0.143. The number of para-hydroxylation sites is 1. The lowest BCUT2D eigenvalue weighted by atomic mass is 9.86. The van der Waals surface area contributed by atoms with Crippen LogP contribution in [0.4, 0.5) is 5.82 Å². The summed E-state index contributed by atoms with van der Waals surface area (Å²) in [5.74, 6) is 0.851. The van der Waals surface area contributed by atoms with Crippen LogP contribution in [-0.2, 0) is 9.53 Å². The van der Waals surface area contributed by atoms with Crippen molar-refractivity contribution >= 4 is 22.7 Å². The van der Waals surface area contributed by atoms with Crippen molar-refractivity contribution in [1.82, 2.24) is 15.0 Å². The van der Waals surface area contributed by atoms with Crippen LogP contribution in [0.2, 0.25) is 0 Å². The molecule has 1 N–H and O–H groups in total. The van der Waals surface area contributed by atoms with Crippen LogP contribution in [0.3, 0.4) is 0 Å². The highest BCUT2D eigenvalue weighted by molar-refractivity contribution is 5.92. The van der Waals surface area contributed by atoms with Gasteiger partial charge in [-0.15, -0.1) is 0 Å². The summed E-state index contributed by atoms with van der Waals surface area (Å²) >= 11 is 0. The van der Waals surface area contributed by atoms with Crippen molar-refractivity contribution in [2.75, 3.05) is 12.4 Å². The smallest absolute Gasteiger partial charge is 0.328 e. The Morgan fingerprint density at radius 1 is 1.08 bits per heavy atom. The molecule has 26 heavy (non-hydrogen) atoms. The number of hydrogen-bond acceptors (Lipinski definition) is 6. The first kappa shape index (κ1) is 17.8. The van der Waals surface area contributed by atoms with Crippen molar-refractivity contribution in [1.29, 1.82) is 0 Å². The molecule has 0 aliphatic rings. The fourth-order valence-electron chi connectivity index (χ4n) is 2.70. The summed E-state index contributed by atoms with van der Waals surface area (Å²) in [7, 11) is 1.39. The van der Waals surface area contributed by atoms with E-state index in [4.69, 9.17) is 4.74 Å².